The van der Waals surface area contributed by atoms with Crippen LogP contribution in [0.2, 0.25) is 0 Å². The lowest BCUT2D eigenvalue weighted by Crippen LogP contribution is -2.22. The second kappa shape index (κ2) is 8.78. The summed E-state index contributed by atoms with van der Waals surface area (Å²) in [6.07, 6.45) is 7.08. The molecule has 0 amide bonds. The van der Waals surface area contributed by atoms with Gasteiger partial charge in [0.15, 0.2) is 0 Å². The van der Waals surface area contributed by atoms with Gasteiger partial charge in [0.2, 0.25) is 0 Å². The Morgan fingerprint density at radius 1 is 0.926 bits per heavy atom. The summed E-state index contributed by atoms with van der Waals surface area (Å²) in [6.45, 7) is 11.6. The van der Waals surface area contributed by atoms with Gasteiger partial charge in [-0.2, -0.15) is 0 Å². The molecule has 0 heterocycles. The Morgan fingerprint density at radius 3 is 2.33 bits per heavy atom. The van der Waals surface area contributed by atoms with Crippen LogP contribution < -0.4 is 4.74 Å². The highest BCUT2D eigenvalue weighted by atomic mass is 16.5. The fourth-order valence-electron chi connectivity index (χ4n) is 4.46. The van der Waals surface area contributed by atoms with E-state index in [1.807, 2.05) is 0 Å². The van der Waals surface area contributed by atoms with Crippen molar-refractivity contribution in [3.8, 4) is 5.75 Å². The van der Waals surface area contributed by atoms with Crippen LogP contribution >= 0.6 is 0 Å². The second-order valence-electron chi connectivity index (χ2n) is 8.71. The molecule has 1 nitrogen and oxygen atoms in total. The lowest BCUT2D eigenvalue weighted by molar-refractivity contribution is 0.224. The molecule has 0 bridgehead atoms. The van der Waals surface area contributed by atoms with E-state index in [0.29, 0.717) is 17.8 Å². The van der Waals surface area contributed by atoms with Crippen molar-refractivity contribution in [3.05, 3.63) is 71.3 Å². The first-order valence-electron chi connectivity index (χ1n) is 10.5. The second-order valence-corrected chi connectivity index (χ2v) is 8.71. The Hall–Kier alpha value is -2.02. The zero-order chi connectivity index (χ0) is 19.4. The van der Waals surface area contributed by atoms with Gasteiger partial charge in [0.05, 0.1) is 0 Å². The van der Waals surface area contributed by atoms with Crippen LogP contribution in [0.1, 0.15) is 76.2 Å². The van der Waals surface area contributed by atoms with Gasteiger partial charge in [-0.3, -0.25) is 0 Å². The standard InChI is InChI=1S/C26H34O/c1-18(2)17-25(19(3)4)23-13-9-15-24-22(23)14-10-16-26(24)27-20(5)21-11-7-6-8-12-21/h6-12,14-16,18-20,23,25H,13,17H2,1-5H3. The molecule has 0 spiro atoms. The van der Waals surface area contributed by atoms with Gasteiger partial charge < -0.3 is 4.74 Å². The Labute approximate surface area is 165 Å². The van der Waals surface area contributed by atoms with Crippen LogP contribution in [0.3, 0.4) is 0 Å². The maximum atomic E-state index is 6.42. The molecular weight excluding hydrogens is 328 g/mol. The normalized spacial score (nSPS) is 18.4. The van der Waals surface area contributed by atoms with E-state index in [1.54, 1.807) is 0 Å². The van der Waals surface area contributed by atoms with Crippen molar-refractivity contribution in [2.24, 2.45) is 17.8 Å². The van der Waals surface area contributed by atoms with Gasteiger partial charge in [0, 0.05) is 5.56 Å². The first-order valence-corrected chi connectivity index (χ1v) is 10.5. The highest BCUT2D eigenvalue weighted by Crippen LogP contribution is 2.44. The van der Waals surface area contributed by atoms with Gasteiger partial charge >= 0.3 is 0 Å². The van der Waals surface area contributed by atoms with Gasteiger partial charge in [-0.05, 0) is 60.6 Å². The molecular formula is C26H34O. The van der Waals surface area contributed by atoms with Crippen LogP contribution in [0.25, 0.3) is 6.08 Å². The molecule has 1 heteroatoms. The Balaban J connectivity index is 1.89. The Morgan fingerprint density at radius 2 is 1.67 bits per heavy atom. The van der Waals surface area contributed by atoms with E-state index in [0.717, 1.165) is 18.1 Å². The van der Waals surface area contributed by atoms with Gasteiger partial charge in [0.1, 0.15) is 11.9 Å². The van der Waals surface area contributed by atoms with Crippen molar-refractivity contribution < 1.29 is 4.74 Å². The minimum Gasteiger partial charge on any atom is -0.485 e. The molecule has 144 valence electrons. The molecule has 2 aromatic carbocycles. The monoisotopic (exact) mass is 362 g/mol. The van der Waals surface area contributed by atoms with Crippen LogP contribution in [-0.4, -0.2) is 0 Å². The molecule has 1 aliphatic rings. The fourth-order valence-corrected chi connectivity index (χ4v) is 4.46. The van der Waals surface area contributed by atoms with Crippen molar-refractivity contribution in [1.29, 1.82) is 0 Å². The van der Waals surface area contributed by atoms with Crippen molar-refractivity contribution in [2.45, 2.75) is 59.5 Å². The number of rotatable bonds is 7. The summed E-state index contributed by atoms with van der Waals surface area (Å²) in [4.78, 5) is 0. The average molecular weight is 363 g/mol. The number of hydrogen-bond acceptors (Lipinski definition) is 1. The highest BCUT2D eigenvalue weighted by molar-refractivity contribution is 5.64. The van der Waals surface area contributed by atoms with Crippen molar-refractivity contribution in [3.63, 3.8) is 0 Å². The third-order valence-corrected chi connectivity index (χ3v) is 5.86. The highest BCUT2D eigenvalue weighted by Gasteiger charge is 2.30. The lowest BCUT2D eigenvalue weighted by Gasteiger charge is -2.34. The summed E-state index contributed by atoms with van der Waals surface area (Å²) in [5.41, 5.74) is 3.96. The summed E-state index contributed by atoms with van der Waals surface area (Å²) in [7, 11) is 0. The van der Waals surface area contributed by atoms with E-state index in [-0.39, 0.29) is 6.10 Å². The SMILES string of the molecule is CC(C)CC(C(C)C)C1CC=Cc2c(OC(C)c3ccccc3)cccc21. The molecule has 2 aromatic rings. The molecule has 0 saturated carbocycles. The average Bonchev–Trinajstić information content (AvgIpc) is 2.66. The van der Waals surface area contributed by atoms with Crippen molar-refractivity contribution in [1.82, 2.24) is 0 Å². The Kier molecular flexibility index (Phi) is 6.42. The summed E-state index contributed by atoms with van der Waals surface area (Å²) >= 11 is 0. The van der Waals surface area contributed by atoms with E-state index in [2.05, 4.69) is 95.3 Å². The maximum absolute atomic E-state index is 6.42. The maximum Gasteiger partial charge on any atom is 0.127 e. The molecule has 3 unspecified atom stereocenters. The summed E-state index contributed by atoms with van der Waals surface area (Å²) in [6, 6.07) is 17.1. The number of allylic oxidation sites excluding steroid dienone is 1. The third kappa shape index (κ3) is 4.64. The van der Waals surface area contributed by atoms with E-state index in [9.17, 15) is 0 Å². The lowest BCUT2D eigenvalue weighted by atomic mass is 9.71. The van der Waals surface area contributed by atoms with Gasteiger partial charge in [-0.1, -0.05) is 82.3 Å². The quantitative estimate of drug-likeness (QED) is 0.491. The summed E-state index contributed by atoms with van der Waals surface area (Å²) < 4.78 is 6.42. The molecule has 0 N–H and O–H groups in total. The predicted octanol–water partition coefficient (Wildman–Crippen LogP) is 7.65. The zero-order valence-electron chi connectivity index (χ0n) is 17.5. The molecule has 0 saturated heterocycles. The topological polar surface area (TPSA) is 9.23 Å². The van der Waals surface area contributed by atoms with Gasteiger partial charge in [-0.15, -0.1) is 0 Å². The molecule has 0 radical (unpaired) electrons. The molecule has 3 atom stereocenters. The molecule has 1 aliphatic carbocycles. The number of hydrogen-bond donors (Lipinski definition) is 0. The van der Waals surface area contributed by atoms with E-state index < -0.39 is 0 Å². The van der Waals surface area contributed by atoms with E-state index >= 15 is 0 Å². The molecule has 0 aliphatic heterocycles. The largest absolute Gasteiger partial charge is 0.485 e. The van der Waals surface area contributed by atoms with Crippen LogP contribution in [0.15, 0.2) is 54.6 Å². The van der Waals surface area contributed by atoms with Crippen molar-refractivity contribution in [2.75, 3.05) is 0 Å². The number of fused-ring (bicyclic) bond motifs is 1. The van der Waals surface area contributed by atoms with Gasteiger partial charge in [0.25, 0.3) is 0 Å². The van der Waals surface area contributed by atoms with Gasteiger partial charge in [-0.25, -0.2) is 0 Å². The van der Waals surface area contributed by atoms with Crippen molar-refractivity contribution >= 4 is 6.08 Å². The Bertz CT molecular complexity index is 757. The van der Waals surface area contributed by atoms with E-state index in [1.165, 1.54) is 23.1 Å². The minimum atomic E-state index is 0.0445. The first kappa shape index (κ1) is 19.7. The van der Waals surface area contributed by atoms with E-state index in [4.69, 9.17) is 4.74 Å². The summed E-state index contributed by atoms with van der Waals surface area (Å²) in [5.74, 6) is 3.71. The first-order chi connectivity index (χ1) is 13.0. The zero-order valence-corrected chi connectivity index (χ0v) is 17.5. The molecule has 27 heavy (non-hydrogen) atoms. The molecule has 0 fully saturated rings. The number of benzene rings is 2. The van der Waals surface area contributed by atoms with Crippen LogP contribution in [0.4, 0.5) is 0 Å². The molecule has 3 rings (SSSR count). The fraction of sp³-hybridized carbons (Fsp3) is 0.462. The number of ether oxygens (including phenoxy) is 1. The summed E-state index contributed by atoms with van der Waals surface area (Å²) in [5, 5.41) is 0. The smallest absolute Gasteiger partial charge is 0.127 e. The van der Waals surface area contributed by atoms with Crippen LogP contribution in [0, 0.1) is 17.8 Å². The molecule has 0 aromatic heterocycles. The third-order valence-electron chi connectivity index (χ3n) is 5.86. The minimum absolute atomic E-state index is 0.0445. The van der Waals surface area contributed by atoms with Crippen LogP contribution in [0.5, 0.6) is 5.75 Å². The van der Waals surface area contributed by atoms with Crippen LogP contribution in [-0.2, 0) is 0 Å². The predicted molar refractivity (Wildman–Crippen MR) is 116 cm³/mol.